The summed E-state index contributed by atoms with van der Waals surface area (Å²) in [5.74, 6) is 0.666. The van der Waals surface area contributed by atoms with Crippen molar-refractivity contribution in [2.24, 2.45) is 5.92 Å². The van der Waals surface area contributed by atoms with Crippen LogP contribution in [0.15, 0.2) is 66.7 Å². The molecule has 8 nitrogen and oxygen atoms in total. The molecule has 2 amide bonds. The van der Waals surface area contributed by atoms with E-state index in [-0.39, 0.29) is 24.8 Å². The molecule has 2 N–H and O–H groups in total. The van der Waals surface area contributed by atoms with Crippen LogP contribution >= 0.6 is 11.6 Å². The first-order valence-corrected chi connectivity index (χ1v) is 12.0. The monoisotopic (exact) mass is 509 g/mol. The Hall–Kier alpha value is -3.91. The van der Waals surface area contributed by atoms with Gasteiger partial charge >= 0.3 is 0 Å². The van der Waals surface area contributed by atoms with Crippen LogP contribution in [-0.2, 0) is 16.2 Å². The molecule has 9 heteroatoms. The fraction of sp³-hybridized carbons (Fsp3) is 0.259. The molecule has 188 valence electrons. The Bertz CT molecular complexity index is 1200. The molecule has 1 aliphatic rings. The summed E-state index contributed by atoms with van der Waals surface area (Å²) < 4.78 is 16.8. The molecule has 0 radical (unpaired) electrons. The van der Waals surface area contributed by atoms with Crippen LogP contribution in [0, 0.1) is 5.92 Å². The molecule has 4 rings (SSSR count). The molecule has 0 unspecified atom stereocenters. The predicted octanol–water partition coefficient (Wildman–Crippen LogP) is 4.82. The van der Waals surface area contributed by atoms with Crippen LogP contribution in [0.4, 0.5) is 11.4 Å². The minimum absolute atomic E-state index is 0.107. The number of carbonyl (C=O) groups is 2. The first kappa shape index (κ1) is 25.2. The predicted molar refractivity (Wildman–Crippen MR) is 139 cm³/mol. The molecule has 1 saturated heterocycles. The van der Waals surface area contributed by atoms with Crippen LogP contribution in [-0.4, -0.2) is 32.1 Å². The van der Waals surface area contributed by atoms with Crippen molar-refractivity contribution in [2.45, 2.75) is 20.0 Å². The maximum atomic E-state index is 12.8. The summed E-state index contributed by atoms with van der Waals surface area (Å²) in [4.78, 5) is 26.9. The smallest absolute Gasteiger partial charge is 0.243 e. The van der Waals surface area contributed by atoms with Crippen molar-refractivity contribution in [2.75, 3.05) is 30.6 Å². The summed E-state index contributed by atoms with van der Waals surface area (Å²) in [6, 6.07) is 20.3. The van der Waals surface area contributed by atoms with E-state index in [9.17, 15) is 9.59 Å². The quantitative estimate of drug-likeness (QED) is 0.381. The highest BCUT2D eigenvalue weighted by Crippen LogP contribution is 2.38. The van der Waals surface area contributed by atoms with Crippen LogP contribution in [0.25, 0.3) is 0 Å². The summed E-state index contributed by atoms with van der Waals surface area (Å²) in [5, 5.41) is 0.333. The number of carbonyl (C=O) groups excluding carboxylic acids is 2. The van der Waals surface area contributed by atoms with Gasteiger partial charge in [0.2, 0.25) is 11.8 Å². The summed E-state index contributed by atoms with van der Waals surface area (Å²) in [6.07, 6.45) is 0.122. The lowest BCUT2D eigenvalue weighted by atomic mass is 10.1. The maximum absolute atomic E-state index is 12.8. The van der Waals surface area contributed by atoms with Gasteiger partial charge in [-0.2, -0.15) is 0 Å². The van der Waals surface area contributed by atoms with E-state index in [4.69, 9.17) is 25.8 Å². The number of rotatable bonds is 10. The Balaban J connectivity index is 1.35. The second-order valence-corrected chi connectivity index (χ2v) is 8.62. The highest BCUT2D eigenvalue weighted by molar-refractivity contribution is 6.32. The van der Waals surface area contributed by atoms with Crippen LogP contribution in [0.5, 0.6) is 17.2 Å². The van der Waals surface area contributed by atoms with E-state index in [1.54, 1.807) is 17.0 Å². The largest absolute Gasteiger partial charge is 0.494 e. The molecular weight excluding hydrogens is 482 g/mol. The molecule has 1 aliphatic heterocycles. The minimum atomic E-state index is -0.498. The molecule has 1 atom stereocenters. The number of ether oxygens (including phenoxy) is 3. The van der Waals surface area contributed by atoms with Gasteiger partial charge in [-0.05, 0) is 42.8 Å². The van der Waals surface area contributed by atoms with Gasteiger partial charge in [0.1, 0.15) is 12.4 Å². The van der Waals surface area contributed by atoms with Gasteiger partial charge in [0, 0.05) is 24.7 Å². The lowest BCUT2D eigenvalue weighted by Gasteiger charge is -2.18. The Kier molecular flexibility index (Phi) is 8.17. The normalized spacial score (nSPS) is 14.9. The van der Waals surface area contributed by atoms with E-state index >= 15 is 0 Å². The number of hydrazine groups is 1. The average molecular weight is 510 g/mol. The van der Waals surface area contributed by atoms with Gasteiger partial charge in [-0.1, -0.05) is 41.9 Å². The molecule has 0 spiro atoms. The molecule has 0 aromatic heterocycles. The number of amides is 2. The lowest BCUT2D eigenvalue weighted by molar-refractivity contribution is -0.125. The van der Waals surface area contributed by atoms with Crippen molar-refractivity contribution >= 4 is 34.8 Å². The van der Waals surface area contributed by atoms with Gasteiger partial charge in [-0.25, -0.2) is 0 Å². The number of methoxy groups -OCH3 is 1. The van der Waals surface area contributed by atoms with Gasteiger partial charge in [-0.15, -0.1) is 0 Å². The second-order valence-electron chi connectivity index (χ2n) is 8.21. The van der Waals surface area contributed by atoms with Crippen molar-refractivity contribution in [3.63, 3.8) is 0 Å². The third-order valence-corrected chi connectivity index (χ3v) is 6.02. The van der Waals surface area contributed by atoms with Gasteiger partial charge < -0.3 is 19.1 Å². The fourth-order valence-electron chi connectivity index (χ4n) is 3.92. The Labute approximate surface area is 215 Å². The van der Waals surface area contributed by atoms with Crippen LogP contribution in [0.3, 0.4) is 0 Å². The molecule has 36 heavy (non-hydrogen) atoms. The van der Waals surface area contributed by atoms with Crippen LogP contribution < -0.4 is 30.0 Å². The zero-order valence-electron chi connectivity index (χ0n) is 20.1. The van der Waals surface area contributed by atoms with Crippen LogP contribution in [0.1, 0.15) is 18.9 Å². The van der Waals surface area contributed by atoms with Gasteiger partial charge in [0.15, 0.2) is 11.5 Å². The molecule has 0 saturated carbocycles. The van der Waals surface area contributed by atoms with E-state index in [1.807, 2.05) is 61.5 Å². The van der Waals surface area contributed by atoms with E-state index in [0.29, 0.717) is 35.4 Å². The van der Waals surface area contributed by atoms with E-state index in [0.717, 1.165) is 17.0 Å². The lowest BCUT2D eigenvalue weighted by Crippen LogP contribution is -2.36. The highest BCUT2D eigenvalue weighted by Gasteiger charge is 2.35. The molecular formula is C27H28ClN3O5. The first-order chi connectivity index (χ1) is 17.5. The molecule has 1 heterocycles. The Morgan fingerprint density at radius 2 is 1.83 bits per heavy atom. The average Bonchev–Trinajstić information content (AvgIpc) is 3.29. The minimum Gasteiger partial charge on any atom is -0.494 e. The third-order valence-electron chi connectivity index (χ3n) is 5.74. The number of benzene rings is 3. The zero-order chi connectivity index (χ0) is 25.5. The molecule has 3 aromatic rings. The summed E-state index contributed by atoms with van der Waals surface area (Å²) in [5.41, 5.74) is 7.78. The standard InChI is InChI=1S/C27H28ClN3O5/c1-3-35-22-11-9-21(10-12-22)31-16-19(13-25(31)32)27(33)30-29-20-14-23(28)26(24(15-20)34-2)36-17-18-7-5-4-6-8-18/h4-12,14-15,19,29H,3,13,16-17H2,1-2H3,(H,30,33)/t19-/m1/s1. The van der Waals surface area contributed by atoms with Crippen LogP contribution in [0.2, 0.25) is 5.02 Å². The van der Waals surface area contributed by atoms with Crippen molar-refractivity contribution in [1.29, 1.82) is 0 Å². The van der Waals surface area contributed by atoms with E-state index in [1.165, 1.54) is 7.11 Å². The summed E-state index contributed by atoms with van der Waals surface area (Å²) in [7, 11) is 1.52. The molecule has 3 aromatic carbocycles. The van der Waals surface area contributed by atoms with Gasteiger partial charge in [-0.3, -0.25) is 20.4 Å². The first-order valence-electron chi connectivity index (χ1n) is 11.6. The zero-order valence-corrected chi connectivity index (χ0v) is 20.9. The number of nitrogens with one attached hydrogen (secondary N) is 2. The maximum Gasteiger partial charge on any atom is 0.243 e. The SMILES string of the molecule is CCOc1ccc(N2C[C@H](C(=O)NNc3cc(Cl)c(OCc4ccccc4)c(OC)c3)CC2=O)cc1. The Morgan fingerprint density at radius 3 is 2.53 bits per heavy atom. The van der Waals surface area contributed by atoms with Gasteiger partial charge in [0.05, 0.1) is 30.3 Å². The summed E-state index contributed by atoms with van der Waals surface area (Å²) >= 11 is 6.44. The second kappa shape index (κ2) is 11.7. The molecule has 0 aliphatic carbocycles. The van der Waals surface area contributed by atoms with Crippen molar-refractivity contribution < 1.29 is 23.8 Å². The number of hydrogen-bond donors (Lipinski definition) is 2. The molecule has 0 bridgehead atoms. The van der Waals surface area contributed by atoms with Crippen molar-refractivity contribution in [3.8, 4) is 17.2 Å². The molecule has 1 fully saturated rings. The van der Waals surface area contributed by atoms with Crippen molar-refractivity contribution in [3.05, 3.63) is 77.3 Å². The van der Waals surface area contributed by atoms with E-state index < -0.39 is 5.92 Å². The van der Waals surface area contributed by atoms with E-state index in [2.05, 4.69) is 10.9 Å². The summed E-state index contributed by atoms with van der Waals surface area (Å²) in [6.45, 7) is 3.10. The Morgan fingerprint density at radius 1 is 1.08 bits per heavy atom. The van der Waals surface area contributed by atoms with Crippen molar-refractivity contribution in [1.82, 2.24) is 5.43 Å². The third kappa shape index (κ3) is 6.01. The number of halogens is 1. The highest BCUT2D eigenvalue weighted by atomic mass is 35.5. The number of anilines is 2. The topological polar surface area (TPSA) is 89.1 Å². The number of nitrogens with zero attached hydrogens (tertiary/aromatic N) is 1. The van der Waals surface area contributed by atoms with Gasteiger partial charge in [0.25, 0.3) is 0 Å². The number of hydrogen-bond acceptors (Lipinski definition) is 6. The fourth-order valence-corrected chi connectivity index (χ4v) is 4.18.